The van der Waals surface area contributed by atoms with E-state index >= 15 is 0 Å². The fourth-order valence-electron chi connectivity index (χ4n) is 5.90. The summed E-state index contributed by atoms with van der Waals surface area (Å²) in [5, 5.41) is 0. The summed E-state index contributed by atoms with van der Waals surface area (Å²) in [4.78, 5) is 33.4. The Morgan fingerprint density at radius 2 is 0.389 bits per heavy atom. The summed E-state index contributed by atoms with van der Waals surface area (Å²) in [5.41, 5.74) is 0. The van der Waals surface area contributed by atoms with Crippen molar-refractivity contribution in [1.29, 1.82) is 0 Å². The van der Waals surface area contributed by atoms with E-state index in [0.717, 1.165) is 135 Å². The Balaban J connectivity index is -0.000000992. The van der Waals surface area contributed by atoms with Gasteiger partial charge in [0.05, 0.1) is 19.8 Å². The van der Waals surface area contributed by atoms with Crippen molar-refractivity contribution in [2.24, 2.45) is 0 Å². The summed E-state index contributed by atoms with van der Waals surface area (Å²) in [5.74, 6) is -0.278. The quantitative estimate of drug-likeness (QED) is 0.0262. The van der Waals surface area contributed by atoms with E-state index in [-0.39, 0.29) is 17.9 Å². The Labute approximate surface area is 442 Å². The molecule has 0 heterocycles. The largest absolute Gasteiger partial charge is 0.466 e. The number of ether oxygens (including phenoxy) is 3. The van der Waals surface area contributed by atoms with Gasteiger partial charge in [0.2, 0.25) is 0 Å². The first-order valence-electron chi connectivity index (χ1n) is 27.6. The molecule has 0 saturated heterocycles. The van der Waals surface area contributed by atoms with E-state index in [4.69, 9.17) is 14.2 Å². The zero-order chi connectivity index (χ0) is 53.2. The molecule has 0 unspecified atom stereocenters. The molecule has 0 aromatic heterocycles. The van der Waals surface area contributed by atoms with Crippen molar-refractivity contribution < 1.29 is 28.6 Å². The van der Waals surface area contributed by atoms with Crippen molar-refractivity contribution in [3.63, 3.8) is 0 Å². The Morgan fingerprint density at radius 1 is 0.236 bits per heavy atom. The number of carbonyl (C=O) groups is 3. The van der Waals surface area contributed by atoms with Crippen LogP contribution in [0.15, 0.2) is 182 Å². The van der Waals surface area contributed by atoms with E-state index in [1.807, 2.05) is 20.8 Å². The summed E-state index contributed by atoms with van der Waals surface area (Å²) in [6, 6.07) is 0. The third-order valence-electron chi connectivity index (χ3n) is 9.64. The lowest BCUT2D eigenvalue weighted by molar-refractivity contribution is -0.144. The molecule has 0 saturated carbocycles. The number of hydrogen-bond donors (Lipinski definition) is 0. The van der Waals surface area contributed by atoms with Crippen LogP contribution in [0.1, 0.15) is 196 Å². The van der Waals surface area contributed by atoms with Gasteiger partial charge in [-0.2, -0.15) is 0 Å². The second-order valence-electron chi connectivity index (χ2n) is 16.2. The molecule has 0 amide bonds. The van der Waals surface area contributed by atoms with Gasteiger partial charge >= 0.3 is 17.9 Å². The van der Waals surface area contributed by atoms with Crippen LogP contribution in [-0.4, -0.2) is 37.7 Å². The van der Waals surface area contributed by atoms with Crippen LogP contribution in [0, 0.1) is 0 Å². The smallest absolute Gasteiger partial charge is 0.305 e. The first-order chi connectivity index (χ1) is 35.4. The number of allylic oxidation sites excluding steroid dienone is 30. The summed E-state index contributed by atoms with van der Waals surface area (Å²) >= 11 is 0. The molecule has 0 N–H and O–H groups in total. The zero-order valence-electron chi connectivity index (χ0n) is 46.4. The molecule has 0 fully saturated rings. The topological polar surface area (TPSA) is 78.9 Å². The molecule has 6 nitrogen and oxygen atoms in total. The lowest BCUT2D eigenvalue weighted by Crippen LogP contribution is -2.02. The maximum absolute atomic E-state index is 11.1. The van der Waals surface area contributed by atoms with E-state index in [2.05, 4.69) is 203 Å². The van der Waals surface area contributed by atoms with Gasteiger partial charge in [0.1, 0.15) is 0 Å². The van der Waals surface area contributed by atoms with Gasteiger partial charge in [0.15, 0.2) is 0 Å². The molecule has 0 rings (SSSR count). The number of unbranched alkanes of at least 4 members (excludes halogenated alkanes) is 3. The molecule has 0 aromatic carbocycles. The minimum Gasteiger partial charge on any atom is -0.466 e. The highest BCUT2D eigenvalue weighted by Gasteiger charge is 2.00. The SMILES string of the molecule is CC/C=C\C/C=C\C/C=C\C/C=C\C/C=C\CCCC(=O)OCC.CC/C=C\C/C=C\C/C=C\C/C=C\C/C=C\CCCC(=O)OCC.CC/C=C\C/C=C\C/C=C\C/C=C\C/C=C\CCCC(=O)OCC. The Kier molecular flexibility index (Phi) is 66.4. The summed E-state index contributed by atoms with van der Waals surface area (Å²) in [6.45, 7) is 13.4. The third kappa shape index (κ3) is 71.1. The molecule has 0 spiro atoms. The monoisotopic (exact) mass is 991 g/mol. The van der Waals surface area contributed by atoms with Gasteiger partial charge in [-0.15, -0.1) is 0 Å². The van der Waals surface area contributed by atoms with Crippen molar-refractivity contribution >= 4 is 17.9 Å². The fraction of sp³-hybridized carbons (Fsp3) is 0.500. The molecule has 0 aliphatic carbocycles. The average Bonchev–Trinajstić information content (AvgIpc) is 3.37. The van der Waals surface area contributed by atoms with Crippen LogP contribution in [0.2, 0.25) is 0 Å². The highest BCUT2D eigenvalue weighted by molar-refractivity contribution is 5.69. The molecule has 6 heteroatoms. The van der Waals surface area contributed by atoms with Gasteiger partial charge < -0.3 is 14.2 Å². The molecule has 402 valence electrons. The van der Waals surface area contributed by atoms with Crippen LogP contribution in [0.25, 0.3) is 0 Å². The van der Waals surface area contributed by atoms with Gasteiger partial charge in [-0.25, -0.2) is 0 Å². The number of rotatable bonds is 42. The van der Waals surface area contributed by atoms with Crippen molar-refractivity contribution in [2.75, 3.05) is 19.8 Å². The molecular weight excluding hydrogens is 889 g/mol. The van der Waals surface area contributed by atoms with Crippen LogP contribution in [0.3, 0.4) is 0 Å². The predicted molar refractivity (Wildman–Crippen MR) is 315 cm³/mol. The zero-order valence-corrected chi connectivity index (χ0v) is 46.4. The van der Waals surface area contributed by atoms with Crippen molar-refractivity contribution in [3.8, 4) is 0 Å². The molecule has 0 bridgehead atoms. The maximum atomic E-state index is 11.1. The molecule has 0 aliphatic heterocycles. The van der Waals surface area contributed by atoms with Gasteiger partial charge in [-0.3, -0.25) is 14.4 Å². The van der Waals surface area contributed by atoms with Gasteiger partial charge in [0.25, 0.3) is 0 Å². The minimum absolute atomic E-state index is 0.0927. The van der Waals surface area contributed by atoms with E-state index in [0.29, 0.717) is 39.1 Å². The second kappa shape index (κ2) is 67.6. The average molecular weight is 992 g/mol. The molecule has 0 aliphatic rings. The fourth-order valence-corrected chi connectivity index (χ4v) is 5.90. The molecule has 0 aromatic rings. The van der Waals surface area contributed by atoms with Crippen molar-refractivity contribution in [2.45, 2.75) is 196 Å². The van der Waals surface area contributed by atoms with E-state index in [1.54, 1.807) is 0 Å². The number of hydrogen-bond acceptors (Lipinski definition) is 6. The van der Waals surface area contributed by atoms with Crippen LogP contribution < -0.4 is 0 Å². The minimum atomic E-state index is -0.0927. The van der Waals surface area contributed by atoms with E-state index in [1.165, 1.54) is 0 Å². The van der Waals surface area contributed by atoms with Crippen LogP contribution >= 0.6 is 0 Å². The molecular formula is C66H102O6. The molecule has 0 radical (unpaired) electrons. The Hall–Kier alpha value is -5.49. The molecule has 0 atom stereocenters. The van der Waals surface area contributed by atoms with E-state index < -0.39 is 0 Å². The maximum Gasteiger partial charge on any atom is 0.305 e. The van der Waals surface area contributed by atoms with Crippen LogP contribution in [0.5, 0.6) is 0 Å². The highest BCUT2D eigenvalue weighted by atomic mass is 16.5. The van der Waals surface area contributed by atoms with Gasteiger partial charge in [-0.1, -0.05) is 203 Å². The lowest BCUT2D eigenvalue weighted by atomic mass is 10.2. The lowest BCUT2D eigenvalue weighted by Gasteiger charge is -1.98. The number of carbonyl (C=O) groups excluding carboxylic acids is 3. The highest BCUT2D eigenvalue weighted by Crippen LogP contribution is 2.04. The first kappa shape index (κ1) is 70.8. The van der Waals surface area contributed by atoms with Crippen molar-refractivity contribution in [1.82, 2.24) is 0 Å². The Morgan fingerprint density at radius 3 is 0.542 bits per heavy atom. The van der Waals surface area contributed by atoms with E-state index in [9.17, 15) is 14.4 Å². The van der Waals surface area contributed by atoms with Crippen LogP contribution in [0.4, 0.5) is 0 Å². The third-order valence-corrected chi connectivity index (χ3v) is 9.64. The Bertz CT molecular complexity index is 1470. The second-order valence-corrected chi connectivity index (χ2v) is 16.2. The predicted octanol–water partition coefficient (Wildman–Crippen LogP) is 19.4. The standard InChI is InChI=1S/3C22H34O2/c3*1-3-5-6-7-8-9-10-11-12-13-14-15-16-17-18-19-20-21-22(23)24-4-2/h3*5-6,8-9,11-12,14-15,17-18H,3-4,7,10,13,16,19-21H2,1-2H3/b3*6-5-,9-8-,12-11-,15-14-,18-17-. The van der Waals surface area contributed by atoms with Gasteiger partial charge in [-0.05, 0) is 156 Å². The summed E-state index contributed by atoms with van der Waals surface area (Å²) in [6.07, 6.45) is 87.9. The normalized spacial score (nSPS) is 12.6. The molecule has 72 heavy (non-hydrogen) atoms. The van der Waals surface area contributed by atoms with Gasteiger partial charge in [0, 0.05) is 19.3 Å². The number of esters is 3. The summed E-state index contributed by atoms with van der Waals surface area (Å²) in [7, 11) is 0. The van der Waals surface area contributed by atoms with Crippen LogP contribution in [-0.2, 0) is 28.6 Å². The first-order valence-corrected chi connectivity index (χ1v) is 27.6. The van der Waals surface area contributed by atoms with Crippen molar-refractivity contribution in [3.05, 3.63) is 182 Å². The summed E-state index contributed by atoms with van der Waals surface area (Å²) < 4.78 is 14.6.